The molecule has 130 valence electrons. The molecular formula is C15H31N3O3S. The first-order chi connectivity index (χ1) is 10.3. The number of likely N-dealkylation sites (tertiary alicyclic amines) is 1. The smallest absolute Gasteiger partial charge is 0.237 e. The number of sulfonamides is 1. The summed E-state index contributed by atoms with van der Waals surface area (Å²) in [6.07, 6.45) is 2.93. The van der Waals surface area contributed by atoms with Crippen molar-refractivity contribution in [3.05, 3.63) is 0 Å². The Morgan fingerprint density at radius 1 is 1.32 bits per heavy atom. The predicted molar refractivity (Wildman–Crippen MR) is 89.1 cm³/mol. The van der Waals surface area contributed by atoms with Crippen LogP contribution in [0.25, 0.3) is 0 Å². The van der Waals surface area contributed by atoms with Crippen molar-refractivity contribution >= 4 is 15.9 Å². The van der Waals surface area contributed by atoms with Gasteiger partial charge >= 0.3 is 0 Å². The van der Waals surface area contributed by atoms with Crippen molar-refractivity contribution < 1.29 is 13.2 Å². The highest BCUT2D eigenvalue weighted by atomic mass is 32.2. The van der Waals surface area contributed by atoms with E-state index in [9.17, 15) is 13.2 Å². The van der Waals surface area contributed by atoms with Gasteiger partial charge in [-0.05, 0) is 52.5 Å². The first-order valence-corrected chi connectivity index (χ1v) is 9.82. The molecule has 0 aromatic carbocycles. The summed E-state index contributed by atoms with van der Waals surface area (Å²) in [5, 5.41) is 2.51. The number of nitrogens with one attached hydrogen (secondary N) is 2. The number of nitrogens with zero attached hydrogens (tertiary/aromatic N) is 1. The first-order valence-electron chi connectivity index (χ1n) is 8.28. The number of rotatable bonds is 8. The molecule has 0 bridgehead atoms. The van der Waals surface area contributed by atoms with Crippen molar-refractivity contribution in [3.8, 4) is 0 Å². The van der Waals surface area contributed by atoms with E-state index in [2.05, 4.69) is 14.9 Å². The Labute approximate surface area is 135 Å². The second kappa shape index (κ2) is 8.84. The van der Waals surface area contributed by atoms with Gasteiger partial charge in [0.25, 0.3) is 0 Å². The Bertz CT molecular complexity index is 451. The lowest BCUT2D eigenvalue weighted by Gasteiger charge is -2.36. The summed E-state index contributed by atoms with van der Waals surface area (Å²) < 4.78 is 26.3. The summed E-state index contributed by atoms with van der Waals surface area (Å²) in [4.78, 5) is 14.2. The number of carbonyl (C=O) groups is 1. The average molecular weight is 333 g/mol. The third-order valence-corrected chi connectivity index (χ3v) is 6.03. The fraction of sp³-hybridized carbons (Fsp3) is 0.933. The van der Waals surface area contributed by atoms with Gasteiger partial charge < -0.3 is 5.32 Å². The summed E-state index contributed by atoms with van der Waals surface area (Å²) in [5.74, 6) is 0.328. The lowest BCUT2D eigenvalue weighted by atomic mass is 9.97. The largest absolute Gasteiger partial charge is 0.355 e. The summed E-state index contributed by atoms with van der Waals surface area (Å²) in [7, 11) is -3.21. The second-order valence-electron chi connectivity index (χ2n) is 6.41. The van der Waals surface area contributed by atoms with Gasteiger partial charge in [-0.2, -0.15) is 0 Å². The van der Waals surface area contributed by atoms with Crippen LogP contribution in [0.1, 0.15) is 47.0 Å². The minimum Gasteiger partial charge on any atom is -0.355 e. The van der Waals surface area contributed by atoms with Crippen molar-refractivity contribution in [1.29, 1.82) is 0 Å². The standard InChI is InChI=1S/C15H31N3O3S/c1-5-8-16-15(19)13(4)18-9-6-7-14(11-18)10-17-22(20,21)12(2)3/h12-14,17H,5-11H2,1-4H3,(H,16,19)/t13-,14+/m0/s1. The zero-order valence-electron chi connectivity index (χ0n) is 14.3. The van der Waals surface area contributed by atoms with Gasteiger partial charge in [-0.3, -0.25) is 9.69 Å². The summed E-state index contributed by atoms with van der Waals surface area (Å²) in [5.41, 5.74) is 0. The van der Waals surface area contributed by atoms with E-state index in [0.29, 0.717) is 13.1 Å². The number of hydrogen-bond donors (Lipinski definition) is 2. The van der Waals surface area contributed by atoms with E-state index in [1.54, 1.807) is 13.8 Å². The highest BCUT2D eigenvalue weighted by molar-refractivity contribution is 7.90. The van der Waals surface area contributed by atoms with Crippen molar-refractivity contribution in [2.75, 3.05) is 26.2 Å². The zero-order valence-corrected chi connectivity index (χ0v) is 15.1. The molecule has 2 N–H and O–H groups in total. The van der Waals surface area contributed by atoms with Crippen LogP contribution in [0.3, 0.4) is 0 Å². The quantitative estimate of drug-likeness (QED) is 0.693. The topological polar surface area (TPSA) is 78.5 Å². The number of amides is 1. The van der Waals surface area contributed by atoms with Gasteiger partial charge in [0.2, 0.25) is 15.9 Å². The predicted octanol–water partition coefficient (Wildman–Crippen LogP) is 0.941. The van der Waals surface area contributed by atoms with Crippen LogP contribution in [0.2, 0.25) is 0 Å². The summed E-state index contributed by atoms with van der Waals surface area (Å²) in [6.45, 7) is 10.1. The molecule has 2 atom stereocenters. The molecule has 0 radical (unpaired) electrons. The Morgan fingerprint density at radius 2 is 2.00 bits per heavy atom. The Hall–Kier alpha value is -0.660. The molecule has 0 aromatic rings. The first kappa shape index (κ1) is 19.4. The monoisotopic (exact) mass is 333 g/mol. The van der Waals surface area contributed by atoms with Crippen molar-refractivity contribution in [2.45, 2.75) is 58.2 Å². The highest BCUT2D eigenvalue weighted by Gasteiger charge is 2.28. The average Bonchev–Trinajstić information content (AvgIpc) is 2.50. The molecule has 0 unspecified atom stereocenters. The van der Waals surface area contributed by atoms with E-state index in [-0.39, 0.29) is 17.9 Å². The van der Waals surface area contributed by atoms with Crippen LogP contribution in [0.15, 0.2) is 0 Å². The third kappa shape index (κ3) is 5.85. The summed E-state index contributed by atoms with van der Waals surface area (Å²) >= 11 is 0. The van der Waals surface area contributed by atoms with Gasteiger partial charge in [0.1, 0.15) is 0 Å². The SMILES string of the molecule is CCCNC(=O)[C@H](C)N1CCC[C@H](CNS(=O)(=O)C(C)C)C1. The zero-order chi connectivity index (χ0) is 16.8. The molecule has 1 heterocycles. The molecule has 0 aromatic heterocycles. The van der Waals surface area contributed by atoms with Crippen LogP contribution in [-0.2, 0) is 14.8 Å². The molecule has 0 saturated carbocycles. The van der Waals surface area contributed by atoms with Gasteiger partial charge in [-0.25, -0.2) is 13.1 Å². The molecule has 1 amide bonds. The van der Waals surface area contributed by atoms with Gasteiger partial charge in [0.15, 0.2) is 0 Å². The number of carbonyl (C=O) groups excluding carboxylic acids is 1. The van der Waals surface area contributed by atoms with Crippen molar-refractivity contribution in [2.24, 2.45) is 5.92 Å². The molecule has 0 spiro atoms. The van der Waals surface area contributed by atoms with Crippen LogP contribution in [0.5, 0.6) is 0 Å². The van der Waals surface area contributed by atoms with E-state index < -0.39 is 15.3 Å². The molecule has 22 heavy (non-hydrogen) atoms. The van der Waals surface area contributed by atoms with E-state index in [0.717, 1.165) is 32.4 Å². The normalized spacial score (nSPS) is 21.8. The molecule has 1 fully saturated rings. The van der Waals surface area contributed by atoms with Crippen LogP contribution in [0, 0.1) is 5.92 Å². The Morgan fingerprint density at radius 3 is 2.59 bits per heavy atom. The van der Waals surface area contributed by atoms with Crippen molar-refractivity contribution in [1.82, 2.24) is 14.9 Å². The third-order valence-electron chi connectivity index (χ3n) is 4.22. The maximum absolute atomic E-state index is 12.1. The van der Waals surface area contributed by atoms with Gasteiger partial charge in [0.05, 0.1) is 11.3 Å². The Balaban J connectivity index is 2.49. The van der Waals surface area contributed by atoms with Crippen LogP contribution in [-0.4, -0.2) is 56.7 Å². The minimum absolute atomic E-state index is 0.0604. The molecule has 7 heteroatoms. The number of hydrogen-bond acceptors (Lipinski definition) is 4. The van der Waals surface area contributed by atoms with Crippen molar-refractivity contribution in [3.63, 3.8) is 0 Å². The molecule has 1 aliphatic heterocycles. The maximum Gasteiger partial charge on any atom is 0.237 e. The second-order valence-corrected chi connectivity index (χ2v) is 8.73. The summed E-state index contributed by atoms with van der Waals surface area (Å²) in [6, 6.07) is -0.156. The molecule has 1 rings (SSSR count). The van der Waals surface area contributed by atoms with E-state index in [1.807, 2.05) is 13.8 Å². The highest BCUT2D eigenvalue weighted by Crippen LogP contribution is 2.18. The maximum atomic E-state index is 12.1. The lowest BCUT2D eigenvalue weighted by Crippen LogP contribution is -2.50. The van der Waals surface area contributed by atoms with E-state index >= 15 is 0 Å². The van der Waals surface area contributed by atoms with E-state index in [4.69, 9.17) is 0 Å². The molecular weight excluding hydrogens is 302 g/mol. The molecule has 1 saturated heterocycles. The molecule has 0 aliphatic carbocycles. The van der Waals surface area contributed by atoms with Gasteiger partial charge in [-0.1, -0.05) is 6.92 Å². The van der Waals surface area contributed by atoms with E-state index in [1.165, 1.54) is 0 Å². The Kier molecular flexibility index (Phi) is 7.79. The van der Waals surface area contributed by atoms with Gasteiger partial charge in [-0.15, -0.1) is 0 Å². The molecule has 6 nitrogen and oxygen atoms in total. The van der Waals surface area contributed by atoms with Crippen LogP contribution in [0.4, 0.5) is 0 Å². The van der Waals surface area contributed by atoms with Crippen LogP contribution < -0.4 is 10.0 Å². The molecule has 1 aliphatic rings. The van der Waals surface area contributed by atoms with Crippen LogP contribution >= 0.6 is 0 Å². The number of piperidine rings is 1. The van der Waals surface area contributed by atoms with Gasteiger partial charge in [0, 0.05) is 19.6 Å². The lowest BCUT2D eigenvalue weighted by molar-refractivity contribution is -0.126. The fourth-order valence-corrected chi connectivity index (χ4v) is 3.38. The fourth-order valence-electron chi connectivity index (χ4n) is 2.58. The minimum atomic E-state index is -3.21.